The molecule has 2 aliphatic rings. The van der Waals surface area contributed by atoms with Gasteiger partial charge in [-0.15, -0.1) is 0 Å². The van der Waals surface area contributed by atoms with Crippen molar-refractivity contribution in [3.05, 3.63) is 29.8 Å². The van der Waals surface area contributed by atoms with Crippen LogP contribution in [0.1, 0.15) is 11.7 Å². The van der Waals surface area contributed by atoms with Gasteiger partial charge < -0.3 is 14.2 Å². The van der Waals surface area contributed by atoms with Crippen LogP contribution in [0.3, 0.4) is 0 Å². The monoisotopic (exact) mass is 206 g/mol. The minimum absolute atomic E-state index is 0.158. The Morgan fingerprint density at radius 3 is 3.00 bits per heavy atom. The Hall–Kier alpha value is -1.39. The molecule has 3 rings (SSSR count). The molecule has 0 radical (unpaired) electrons. The summed E-state index contributed by atoms with van der Waals surface area (Å²) >= 11 is 0. The number of esters is 1. The van der Waals surface area contributed by atoms with Gasteiger partial charge in [-0.1, -0.05) is 18.2 Å². The quantitative estimate of drug-likeness (QED) is 0.421. The number of fused-ring (bicyclic) bond motifs is 1. The Morgan fingerprint density at radius 2 is 2.20 bits per heavy atom. The third-order valence-corrected chi connectivity index (χ3v) is 2.48. The second-order valence-corrected chi connectivity index (χ2v) is 3.63. The van der Waals surface area contributed by atoms with Gasteiger partial charge in [-0.3, -0.25) is 0 Å². The molecule has 4 heteroatoms. The fourth-order valence-electron chi connectivity index (χ4n) is 1.60. The van der Waals surface area contributed by atoms with Gasteiger partial charge in [0, 0.05) is 5.56 Å². The molecule has 4 nitrogen and oxygen atoms in total. The smallest absolute Gasteiger partial charge is 0.345 e. The van der Waals surface area contributed by atoms with Crippen molar-refractivity contribution in [3.8, 4) is 5.75 Å². The number of para-hydroxylation sites is 1. The van der Waals surface area contributed by atoms with Gasteiger partial charge in [0.05, 0.1) is 13.2 Å². The Labute approximate surface area is 86.7 Å². The molecule has 0 saturated carbocycles. The number of epoxide rings is 1. The lowest BCUT2D eigenvalue weighted by Gasteiger charge is -2.06. The molecule has 0 N–H and O–H groups in total. The van der Waals surface area contributed by atoms with Gasteiger partial charge in [0.15, 0.2) is 6.10 Å². The Kier molecular flexibility index (Phi) is 1.97. The van der Waals surface area contributed by atoms with Crippen molar-refractivity contribution in [1.82, 2.24) is 0 Å². The van der Waals surface area contributed by atoms with Crippen molar-refractivity contribution in [2.45, 2.75) is 12.2 Å². The molecule has 1 fully saturated rings. The van der Waals surface area contributed by atoms with Crippen molar-refractivity contribution in [2.75, 3.05) is 13.2 Å². The van der Waals surface area contributed by atoms with E-state index in [0.29, 0.717) is 12.4 Å². The number of benzene rings is 1. The maximum absolute atomic E-state index is 11.5. The molecule has 78 valence electrons. The van der Waals surface area contributed by atoms with Crippen LogP contribution < -0.4 is 4.74 Å². The predicted octanol–water partition coefficient (Wildman–Crippen LogP) is 1.06. The van der Waals surface area contributed by atoms with Crippen LogP contribution in [0.2, 0.25) is 0 Å². The standard InChI is InChI=1S/C11H10O4/c12-11-10(14-6-7-5-13-7)8-3-1-2-4-9(8)15-11/h1-4,7,10H,5-6H2. The zero-order chi connectivity index (χ0) is 10.3. The average Bonchev–Trinajstić information content (AvgIpc) is 3.00. The van der Waals surface area contributed by atoms with Crippen LogP contribution in [0.4, 0.5) is 0 Å². The molecule has 2 aliphatic heterocycles. The first-order valence-corrected chi connectivity index (χ1v) is 4.88. The van der Waals surface area contributed by atoms with Gasteiger partial charge in [0.25, 0.3) is 0 Å². The SMILES string of the molecule is O=C1Oc2ccccc2C1OCC1CO1. The van der Waals surface area contributed by atoms with Crippen molar-refractivity contribution in [2.24, 2.45) is 0 Å². The van der Waals surface area contributed by atoms with Gasteiger partial charge in [-0.05, 0) is 6.07 Å². The van der Waals surface area contributed by atoms with E-state index < -0.39 is 6.10 Å². The highest BCUT2D eigenvalue weighted by atomic mass is 16.6. The summed E-state index contributed by atoms with van der Waals surface area (Å²) in [7, 11) is 0. The van der Waals surface area contributed by atoms with Crippen molar-refractivity contribution >= 4 is 5.97 Å². The van der Waals surface area contributed by atoms with Crippen LogP contribution in [0, 0.1) is 0 Å². The molecular formula is C11H10O4. The van der Waals surface area contributed by atoms with E-state index in [4.69, 9.17) is 14.2 Å². The third kappa shape index (κ3) is 1.62. The van der Waals surface area contributed by atoms with Gasteiger partial charge in [0.2, 0.25) is 0 Å². The van der Waals surface area contributed by atoms with E-state index in [9.17, 15) is 4.79 Å². The highest BCUT2D eigenvalue weighted by Gasteiger charge is 2.35. The first kappa shape index (κ1) is 8.88. The van der Waals surface area contributed by atoms with Crippen LogP contribution in [0.25, 0.3) is 0 Å². The first-order valence-electron chi connectivity index (χ1n) is 4.88. The summed E-state index contributed by atoms with van der Waals surface area (Å²) in [5, 5.41) is 0. The van der Waals surface area contributed by atoms with E-state index in [1.165, 1.54) is 0 Å². The van der Waals surface area contributed by atoms with E-state index in [1.807, 2.05) is 18.2 Å². The second kappa shape index (κ2) is 3.32. The van der Waals surface area contributed by atoms with Gasteiger partial charge >= 0.3 is 5.97 Å². The summed E-state index contributed by atoms with van der Waals surface area (Å²) in [4.78, 5) is 11.5. The normalized spacial score (nSPS) is 27.3. The molecule has 0 aromatic heterocycles. The number of hydrogen-bond donors (Lipinski definition) is 0. The van der Waals surface area contributed by atoms with E-state index in [0.717, 1.165) is 12.2 Å². The number of ether oxygens (including phenoxy) is 3. The van der Waals surface area contributed by atoms with Crippen molar-refractivity contribution in [1.29, 1.82) is 0 Å². The zero-order valence-corrected chi connectivity index (χ0v) is 8.01. The Bertz CT molecular complexity index is 397. The lowest BCUT2D eigenvalue weighted by molar-refractivity contribution is -0.144. The topological polar surface area (TPSA) is 48.1 Å². The molecule has 2 heterocycles. The second-order valence-electron chi connectivity index (χ2n) is 3.63. The fourth-order valence-corrected chi connectivity index (χ4v) is 1.60. The molecule has 0 aliphatic carbocycles. The van der Waals surface area contributed by atoms with Crippen LogP contribution in [-0.4, -0.2) is 25.3 Å². The van der Waals surface area contributed by atoms with Gasteiger partial charge in [-0.25, -0.2) is 4.79 Å². The summed E-state index contributed by atoms with van der Waals surface area (Å²) in [6.07, 6.45) is -0.420. The Morgan fingerprint density at radius 1 is 1.40 bits per heavy atom. The molecule has 0 amide bonds. The van der Waals surface area contributed by atoms with Gasteiger partial charge in [0.1, 0.15) is 11.9 Å². The molecule has 0 spiro atoms. The minimum Gasteiger partial charge on any atom is -0.424 e. The van der Waals surface area contributed by atoms with E-state index in [-0.39, 0.29) is 12.1 Å². The molecule has 0 bridgehead atoms. The third-order valence-electron chi connectivity index (χ3n) is 2.48. The van der Waals surface area contributed by atoms with E-state index in [1.54, 1.807) is 6.07 Å². The number of hydrogen-bond acceptors (Lipinski definition) is 4. The van der Waals surface area contributed by atoms with Crippen molar-refractivity contribution < 1.29 is 19.0 Å². The lowest BCUT2D eigenvalue weighted by Crippen LogP contribution is -2.16. The molecular weight excluding hydrogens is 196 g/mol. The summed E-state index contributed by atoms with van der Waals surface area (Å²) < 4.78 is 15.5. The lowest BCUT2D eigenvalue weighted by atomic mass is 10.1. The highest BCUT2D eigenvalue weighted by Crippen LogP contribution is 2.35. The van der Waals surface area contributed by atoms with Crippen molar-refractivity contribution in [3.63, 3.8) is 0 Å². The number of carbonyl (C=O) groups is 1. The van der Waals surface area contributed by atoms with E-state index >= 15 is 0 Å². The van der Waals surface area contributed by atoms with Crippen LogP contribution >= 0.6 is 0 Å². The van der Waals surface area contributed by atoms with Crippen LogP contribution in [0.5, 0.6) is 5.75 Å². The number of carbonyl (C=O) groups excluding carboxylic acids is 1. The molecule has 1 saturated heterocycles. The Balaban J connectivity index is 1.78. The molecule has 15 heavy (non-hydrogen) atoms. The fraction of sp³-hybridized carbons (Fsp3) is 0.364. The maximum atomic E-state index is 11.5. The molecule has 1 aromatic carbocycles. The maximum Gasteiger partial charge on any atom is 0.345 e. The first-order chi connectivity index (χ1) is 7.34. The van der Waals surface area contributed by atoms with Gasteiger partial charge in [-0.2, -0.15) is 0 Å². The largest absolute Gasteiger partial charge is 0.424 e. The average molecular weight is 206 g/mol. The van der Waals surface area contributed by atoms with E-state index in [2.05, 4.69) is 0 Å². The number of rotatable bonds is 3. The molecule has 2 atom stereocenters. The highest BCUT2D eigenvalue weighted by molar-refractivity contribution is 5.84. The minimum atomic E-state index is -0.578. The summed E-state index contributed by atoms with van der Waals surface area (Å²) in [6, 6.07) is 7.31. The molecule has 2 unspecified atom stereocenters. The molecule has 1 aromatic rings. The summed E-state index contributed by atoms with van der Waals surface area (Å²) in [6.45, 7) is 1.18. The predicted molar refractivity (Wildman–Crippen MR) is 50.5 cm³/mol. The summed E-state index contributed by atoms with van der Waals surface area (Å²) in [5.74, 6) is 0.265. The summed E-state index contributed by atoms with van der Waals surface area (Å²) in [5.41, 5.74) is 0.808. The van der Waals surface area contributed by atoms with Crippen LogP contribution in [0.15, 0.2) is 24.3 Å². The zero-order valence-electron chi connectivity index (χ0n) is 8.01. The van der Waals surface area contributed by atoms with Crippen LogP contribution in [-0.2, 0) is 14.3 Å².